The van der Waals surface area contributed by atoms with Crippen molar-refractivity contribution in [1.82, 2.24) is 14.9 Å². The van der Waals surface area contributed by atoms with Gasteiger partial charge in [0, 0.05) is 42.3 Å². The summed E-state index contributed by atoms with van der Waals surface area (Å²) in [6, 6.07) is 22.3. The Hall–Kier alpha value is -4.39. The van der Waals surface area contributed by atoms with Crippen molar-refractivity contribution in [3.05, 3.63) is 108 Å². The van der Waals surface area contributed by atoms with Crippen LogP contribution in [0.25, 0.3) is 16.8 Å². The van der Waals surface area contributed by atoms with Gasteiger partial charge in [-0.2, -0.15) is 0 Å². The smallest absolute Gasteiger partial charge is 0.407 e. The van der Waals surface area contributed by atoms with Gasteiger partial charge in [-0.1, -0.05) is 48.5 Å². The molecule has 1 atom stereocenters. The van der Waals surface area contributed by atoms with Crippen molar-refractivity contribution in [3.8, 4) is 16.8 Å². The number of nitrogens with zero attached hydrogens (tertiary/aromatic N) is 2. The molecule has 0 fully saturated rings. The van der Waals surface area contributed by atoms with E-state index in [9.17, 15) is 14.7 Å². The highest BCUT2D eigenvalue weighted by Gasteiger charge is 2.30. The van der Waals surface area contributed by atoms with Gasteiger partial charge in [-0.15, -0.1) is 0 Å². The largest absolute Gasteiger partial charge is 0.480 e. The van der Waals surface area contributed by atoms with Crippen molar-refractivity contribution < 1.29 is 19.4 Å². The molecule has 0 bridgehead atoms. The van der Waals surface area contributed by atoms with Crippen molar-refractivity contribution in [3.63, 3.8) is 0 Å². The Morgan fingerprint density at radius 2 is 1.59 bits per heavy atom. The third-order valence-electron chi connectivity index (χ3n) is 6.12. The number of carbonyl (C=O) groups excluding carboxylic acids is 1. The van der Waals surface area contributed by atoms with Crippen LogP contribution in [-0.4, -0.2) is 39.4 Å². The van der Waals surface area contributed by atoms with Crippen LogP contribution in [0.2, 0.25) is 0 Å². The number of benzene rings is 2. The van der Waals surface area contributed by atoms with Crippen molar-refractivity contribution >= 4 is 12.1 Å². The average Bonchev–Trinajstić information content (AvgIpc) is 3.45. The Labute approximate surface area is 196 Å². The first-order valence-corrected chi connectivity index (χ1v) is 11.0. The van der Waals surface area contributed by atoms with Gasteiger partial charge in [-0.05, 0) is 46.5 Å². The monoisotopic (exact) mass is 453 g/mol. The van der Waals surface area contributed by atoms with Crippen LogP contribution in [0.15, 0.2) is 91.4 Å². The predicted octanol–water partition coefficient (Wildman–Crippen LogP) is 4.41. The molecule has 2 aromatic carbocycles. The Morgan fingerprint density at radius 1 is 0.941 bits per heavy atom. The lowest BCUT2D eigenvalue weighted by Gasteiger charge is -2.18. The Balaban J connectivity index is 1.27. The maximum Gasteiger partial charge on any atom is 0.407 e. The second-order valence-corrected chi connectivity index (χ2v) is 8.14. The van der Waals surface area contributed by atoms with Crippen molar-refractivity contribution in [2.24, 2.45) is 0 Å². The van der Waals surface area contributed by atoms with Crippen LogP contribution in [0, 0.1) is 0 Å². The fraction of sp³-hybridized carbons (Fsp3) is 0.148. The molecule has 0 spiro atoms. The van der Waals surface area contributed by atoms with E-state index in [0.717, 1.165) is 33.6 Å². The first-order valence-electron chi connectivity index (χ1n) is 11.0. The molecule has 4 aromatic rings. The van der Waals surface area contributed by atoms with Gasteiger partial charge in [0.1, 0.15) is 12.6 Å². The number of rotatable bonds is 7. The maximum absolute atomic E-state index is 12.6. The van der Waals surface area contributed by atoms with Crippen LogP contribution in [0.4, 0.5) is 4.79 Å². The number of nitrogens with one attached hydrogen (secondary N) is 1. The predicted molar refractivity (Wildman–Crippen MR) is 127 cm³/mol. The van der Waals surface area contributed by atoms with Crippen molar-refractivity contribution in [1.29, 1.82) is 0 Å². The molecule has 0 saturated heterocycles. The number of pyridine rings is 1. The summed E-state index contributed by atoms with van der Waals surface area (Å²) in [5, 5.41) is 12.3. The van der Waals surface area contributed by atoms with E-state index in [2.05, 4.69) is 22.4 Å². The minimum Gasteiger partial charge on any atom is -0.480 e. The van der Waals surface area contributed by atoms with E-state index in [4.69, 9.17) is 4.74 Å². The molecule has 2 N–H and O–H groups in total. The van der Waals surface area contributed by atoms with Gasteiger partial charge >= 0.3 is 12.1 Å². The zero-order chi connectivity index (χ0) is 23.5. The molecular formula is C27H23N3O4. The van der Waals surface area contributed by atoms with E-state index in [-0.39, 0.29) is 18.9 Å². The minimum atomic E-state index is -1.13. The maximum atomic E-state index is 12.6. The van der Waals surface area contributed by atoms with E-state index in [1.165, 1.54) is 0 Å². The quantitative estimate of drug-likeness (QED) is 0.432. The first kappa shape index (κ1) is 21.5. The number of carboxylic acids is 1. The summed E-state index contributed by atoms with van der Waals surface area (Å²) in [7, 11) is 0. The number of hydrogen-bond acceptors (Lipinski definition) is 4. The zero-order valence-electron chi connectivity index (χ0n) is 18.3. The number of aromatic nitrogens is 2. The molecule has 1 amide bonds. The van der Waals surface area contributed by atoms with Crippen LogP contribution in [-0.2, 0) is 16.0 Å². The van der Waals surface area contributed by atoms with Gasteiger partial charge in [-0.3, -0.25) is 4.98 Å². The molecule has 7 nitrogen and oxygen atoms in total. The fourth-order valence-electron chi connectivity index (χ4n) is 4.53. The molecule has 0 radical (unpaired) electrons. The van der Waals surface area contributed by atoms with Crippen LogP contribution in [0.3, 0.4) is 0 Å². The molecule has 5 rings (SSSR count). The van der Waals surface area contributed by atoms with E-state index < -0.39 is 18.1 Å². The van der Waals surface area contributed by atoms with Crippen LogP contribution in [0.1, 0.15) is 22.7 Å². The second-order valence-electron chi connectivity index (χ2n) is 8.14. The average molecular weight is 453 g/mol. The van der Waals surface area contributed by atoms with Gasteiger partial charge in [-0.25, -0.2) is 9.59 Å². The summed E-state index contributed by atoms with van der Waals surface area (Å²) in [6.07, 6.45) is 4.54. The number of fused-ring (bicyclic) bond motifs is 3. The Kier molecular flexibility index (Phi) is 5.82. The number of carboxylic acid groups (broad SMARTS) is 1. The van der Waals surface area contributed by atoms with E-state index in [0.29, 0.717) is 0 Å². The normalized spacial score (nSPS) is 13.1. The first-order chi connectivity index (χ1) is 16.6. The van der Waals surface area contributed by atoms with Crippen LogP contribution in [0.5, 0.6) is 0 Å². The molecular weight excluding hydrogens is 430 g/mol. The van der Waals surface area contributed by atoms with Crippen LogP contribution >= 0.6 is 0 Å². The lowest BCUT2D eigenvalue weighted by atomic mass is 9.98. The molecule has 2 heterocycles. The van der Waals surface area contributed by atoms with Gasteiger partial charge in [0.05, 0.1) is 0 Å². The van der Waals surface area contributed by atoms with Crippen molar-refractivity contribution in [2.75, 3.05) is 6.61 Å². The lowest BCUT2D eigenvalue weighted by Crippen LogP contribution is -2.43. The molecule has 7 heteroatoms. The summed E-state index contributed by atoms with van der Waals surface area (Å²) in [6.45, 7) is 0.125. The summed E-state index contributed by atoms with van der Waals surface area (Å²) in [5.74, 6) is -1.22. The molecule has 170 valence electrons. The fourth-order valence-corrected chi connectivity index (χ4v) is 4.53. The van der Waals surface area contributed by atoms with Crippen molar-refractivity contribution in [2.45, 2.75) is 18.4 Å². The molecule has 2 aromatic heterocycles. The number of aliphatic carboxylic acids is 1. The third-order valence-corrected chi connectivity index (χ3v) is 6.12. The lowest BCUT2D eigenvalue weighted by molar-refractivity contribution is -0.139. The standard InChI is InChI=1S/C27H23N3O4/c31-26(32)25(16-19-6-5-15-30(19)18-11-13-28-14-12-18)29-27(33)34-17-24-22-9-3-1-7-20(22)21-8-2-4-10-23(21)24/h1-15,24-25H,16-17H2,(H,29,33)(H,31,32). The molecule has 1 aliphatic carbocycles. The zero-order valence-corrected chi connectivity index (χ0v) is 18.3. The van der Waals surface area contributed by atoms with Crippen LogP contribution < -0.4 is 5.32 Å². The van der Waals surface area contributed by atoms with E-state index >= 15 is 0 Å². The third kappa shape index (κ3) is 4.15. The molecule has 0 aliphatic heterocycles. The highest BCUT2D eigenvalue weighted by atomic mass is 16.5. The summed E-state index contributed by atoms with van der Waals surface area (Å²) < 4.78 is 7.40. The van der Waals surface area contributed by atoms with Gasteiger partial charge in [0.25, 0.3) is 0 Å². The Bertz CT molecular complexity index is 1290. The molecule has 0 saturated carbocycles. The number of alkyl carbamates (subject to hydrolysis) is 1. The van der Waals surface area contributed by atoms with Gasteiger partial charge in [0.2, 0.25) is 0 Å². The summed E-state index contributed by atoms with van der Waals surface area (Å²) in [4.78, 5) is 28.5. The molecule has 1 unspecified atom stereocenters. The highest BCUT2D eigenvalue weighted by molar-refractivity contribution is 5.81. The summed E-state index contributed by atoms with van der Waals surface area (Å²) in [5.41, 5.74) is 6.07. The number of carbonyl (C=O) groups is 2. The molecule has 34 heavy (non-hydrogen) atoms. The summed E-state index contributed by atoms with van der Waals surface area (Å²) >= 11 is 0. The number of amides is 1. The van der Waals surface area contributed by atoms with Gasteiger partial charge in [0.15, 0.2) is 0 Å². The Morgan fingerprint density at radius 3 is 2.24 bits per heavy atom. The second kappa shape index (κ2) is 9.23. The number of ether oxygens (including phenoxy) is 1. The van der Waals surface area contributed by atoms with Gasteiger partial charge < -0.3 is 19.7 Å². The SMILES string of the molecule is O=C(NC(Cc1cccn1-c1ccncc1)C(=O)O)OCC1c2ccccc2-c2ccccc21. The highest BCUT2D eigenvalue weighted by Crippen LogP contribution is 2.44. The van der Waals surface area contributed by atoms with E-state index in [1.807, 2.05) is 71.4 Å². The van der Waals surface area contributed by atoms with E-state index in [1.54, 1.807) is 12.4 Å². The topological polar surface area (TPSA) is 93.5 Å². The minimum absolute atomic E-state index is 0.0923. The number of hydrogen-bond donors (Lipinski definition) is 2. The molecule has 1 aliphatic rings.